The molecule has 1 aromatic carbocycles. The number of thiophene rings is 1. The highest BCUT2D eigenvalue weighted by Gasteiger charge is 2.29. The Morgan fingerprint density at radius 1 is 1.19 bits per heavy atom. The summed E-state index contributed by atoms with van der Waals surface area (Å²) < 4.78 is 1.35. The van der Waals surface area contributed by atoms with Gasteiger partial charge in [-0.1, -0.05) is 30.3 Å². The zero-order valence-electron chi connectivity index (χ0n) is 14.5. The average molecular weight is 365 g/mol. The van der Waals surface area contributed by atoms with Crippen molar-refractivity contribution in [2.45, 2.75) is 25.9 Å². The highest BCUT2D eigenvalue weighted by atomic mass is 32.1. The molecule has 132 valence electrons. The molecule has 0 bridgehead atoms. The van der Waals surface area contributed by atoms with Crippen LogP contribution in [0.15, 0.2) is 58.7 Å². The summed E-state index contributed by atoms with van der Waals surface area (Å²) in [6.07, 6.45) is 0.868. The molecule has 2 aromatic heterocycles. The van der Waals surface area contributed by atoms with Crippen molar-refractivity contribution in [2.75, 3.05) is 6.54 Å². The molecule has 3 heterocycles. The quantitative estimate of drug-likeness (QED) is 0.717. The summed E-state index contributed by atoms with van der Waals surface area (Å²) in [4.78, 5) is 28.3. The molecule has 6 heteroatoms. The van der Waals surface area contributed by atoms with Crippen molar-refractivity contribution in [3.8, 4) is 0 Å². The first kappa shape index (κ1) is 16.7. The molecule has 1 amide bonds. The number of carbonyl (C=O) groups excluding carboxylic acids is 1. The number of benzene rings is 1. The zero-order valence-corrected chi connectivity index (χ0v) is 15.3. The topological polar surface area (TPSA) is 55.2 Å². The summed E-state index contributed by atoms with van der Waals surface area (Å²) in [6, 6.07) is 14.7. The lowest BCUT2D eigenvalue weighted by molar-refractivity contribution is 0.0670. The number of aromatic nitrogens is 2. The Kier molecular flexibility index (Phi) is 4.42. The van der Waals surface area contributed by atoms with E-state index in [2.05, 4.69) is 16.5 Å². The molecule has 0 aliphatic carbocycles. The van der Waals surface area contributed by atoms with Gasteiger partial charge in [0.15, 0.2) is 0 Å². The zero-order chi connectivity index (χ0) is 18.1. The van der Waals surface area contributed by atoms with Crippen LogP contribution in [0.1, 0.15) is 39.5 Å². The third kappa shape index (κ3) is 3.08. The second-order valence-corrected chi connectivity index (χ2v) is 7.42. The molecule has 0 saturated heterocycles. The Morgan fingerprint density at radius 3 is 2.81 bits per heavy atom. The smallest absolute Gasteiger partial charge is 0.274 e. The molecule has 3 aromatic rings. The molecule has 0 radical (unpaired) electrons. The fraction of sp³-hybridized carbons (Fsp3) is 0.250. The molecule has 0 fully saturated rings. The monoisotopic (exact) mass is 365 g/mol. The molecule has 1 aliphatic rings. The van der Waals surface area contributed by atoms with E-state index in [-0.39, 0.29) is 17.5 Å². The number of hydrogen-bond acceptors (Lipinski definition) is 4. The first-order chi connectivity index (χ1) is 12.6. The fourth-order valence-electron chi connectivity index (χ4n) is 3.37. The Hall–Kier alpha value is -2.73. The predicted molar refractivity (Wildman–Crippen MR) is 102 cm³/mol. The van der Waals surface area contributed by atoms with Crippen LogP contribution < -0.4 is 5.56 Å². The van der Waals surface area contributed by atoms with E-state index in [9.17, 15) is 9.59 Å². The molecule has 4 rings (SSSR count). The second kappa shape index (κ2) is 6.88. The van der Waals surface area contributed by atoms with Crippen LogP contribution in [0.3, 0.4) is 0 Å². The molecule has 5 nitrogen and oxygen atoms in total. The molecule has 0 N–H and O–H groups in total. The molecular weight excluding hydrogens is 346 g/mol. The van der Waals surface area contributed by atoms with Gasteiger partial charge in [0, 0.05) is 17.5 Å². The highest BCUT2D eigenvalue weighted by Crippen LogP contribution is 2.33. The number of carbonyl (C=O) groups is 1. The number of hydrogen-bond donors (Lipinski definition) is 0. The lowest BCUT2D eigenvalue weighted by Gasteiger charge is -2.33. The Labute approximate surface area is 155 Å². The van der Waals surface area contributed by atoms with Crippen LogP contribution in [0.4, 0.5) is 0 Å². The lowest BCUT2D eigenvalue weighted by atomic mass is 10.0. The minimum atomic E-state index is -0.211. The van der Waals surface area contributed by atoms with E-state index in [1.165, 1.54) is 27.3 Å². The summed E-state index contributed by atoms with van der Waals surface area (Å²) in [5.74, 6) is -0.129. The van der Waals surface area contributed by atoms with Gasteiger partial charge in [0.2, 0.25) is 0 Å². The van der Waals surface area contributed by atoms with Crippen LogP contribution in [0.2, 0.25) is 0 Å². The summed E-state index contributed by atoms with van der Waals surface area (Å²) in [6.45, 7) is 3.07. The van der Waals surface area contributed by atoms with Crippen LogP contribution in [0.25, 0.3) is 0 Å². The first-order valence-corrected chi connectivity index (χ1v) is 9.51. The van der Waals surface area contributed by atoms with Crippen LogP contribution in [0.5, 0.6) is 0 Å². The third-order valence-corrected chi connectivity index (χ3v) is 5.80. The summed E-state index contributed by atoms with van der Waals surface area (Å²) in [7, 11) is 0. The van der Waals surface area contributed by atoms with Crippen LogP contribution in [-0.2, 0) is 13.0 Å². The second-order valence-electron chi connectivity index (χ2n) is 6.42. The molecule has 0 spiro atoms. The number of amides is 1. The molecule has 26 heavy (non-hydrogen) atoms. The normalized spacial score (nSPS) is 16.3. The van der Waals surface area contributed by atoms with Crippen LogP contribution >= 0.6 is 11.3 Å². The lowest BCUT2D eigenvalue weighted by Crippen LogP contribution is -2.39. The number of fused-ring (bicyclic) bond motifs is 1. The van der Waals surface area contributed by atoms with E-state index in [4.69, 9.17) is 0 Å². The molecular formula is C20H19N3O2S. The Morgan fingerprint density at radius 2 is 2.00 bits per heavy atom. The van der Waals surface area contributed by atoms with E-state index in [0.717, 1.165) is 12.0 Å². The molecule has 0 saturated carbocycles. The van der Waals surface area contributed by atoms with Crippen molar-refractivity contribution >= 4 is 17.2 Å². The largest absolute Gasteiger partial charge is 0.330 e. The van der Waals surface area contributed by atoms with Crippen molar-refractivity contribution < 1.29 is 4.79 Å². The summed E-state index contributed by atoms with van der Waals surface area (Å²) in [5, 5.41) is 6.41. The minimum Gasteiger partial charge on any atom is -0.330 e. The standard InChI is InChI=1S/C20H19N3O2S/c1-14-16-10-12-26-18(16)9-11-22(14)20(25)17-7-8-19(24)23(21-17)13-15-5-3-2-4-6-15/h2-8,10,12,14H,9,11,13H2,1H3/t14-/m0/s1. The van der Waals surface area contributed by atoms with Gasteiger partial charge in [-0.25, -0.2) is 4.68 Å². The van der Waals surface area contributed by atoms with E-state index in [1.54, 1.807) is 11.3 Å². The third-order valence-electron chi connectivity index (χ3n) is 4.80. The van der Waals surface area contributed by atoms with Crippen LogP contribution in [-0.4, -0.2) is 27.1 Å². The van der Waals surface area contributed by atoms with Gasteiger partial charge in [-0.3, -0.25) is 9.59 Å². The number of rotatable bonds is 3. The van der Waals surface area contributed by atoms with Gasteiger partial charge in [-0.2, -0.15) is 5.10 Å². The predicted octanol–water partition coefficient (Wildman–Crippen LogP) is 3.11. The van der Waals surface area contributed by atoms with E-state index in [1.807, 2.05) is 42.2 Å². The van der Waals surface area contributed by atoms with Gasteiger partial charge < -0.3 is 4.90 Å². The van der Waals surface area contributed by atoms with Crippen molar-refractivity contribution in [3.05, 3.63) is 86.0 Å². The average Bonchev–Trinajstić information content (AvgIpc) is 3.14. The molecule has 1 atom stereocenters. The van der Waals surface area contributed by atoms with Gasteiger partial charge in [0.25, 0.3) is 11.5 Å². The molecule has 1 aliphatic heterocycles. The van der Waals surface area contributed by atoms with Crippen LogP contribution in [0, 0.1) is 0 Å². The van der Waals surface area contributed by atoms with Crippen molar-refractivity contribution in [3.63, 3.8) is 0 Å². The summed E-state index contributed by atoms with van der Waals surface area (Å²) >= 11 is 1.75. The van der Waals surface area contributed by atoms with Gasteiger partial charge in [0.1, 0.15) is 5.69 Å². The highest BCUT2D eigenvalue weighted by molar-refractivity contribution is 7.10. The van der Waals surface area contributed by atoms with Crippen molar-refractivity contribution in [1.82, 2.24) is 14.7 Å². The first-order valence-electron chi connectivity index (χ1n) is 8.63. The SMILES string of the molecule is C[C@H]1c2ccsc2CCN1C(=O)c1ccc(=O)n(Cc2ccccc2)n1. The maximum atomic E-state index is 13.0. The van der Waals surface area contributed by atoms with Gasteiger partial charge in [-0.15, -0.1) is 11.3 Å². The Balaban J connectivity index is 1.61. The number of nitrogens with zero attached hydrogens (tertiary/aromatic N) is 3. The Bertz CT molecular complexity index is 994. The maximum absolute atomic E-state index is 13.0. The van der Waals surface area contributed by atoms with Gasteiger partial charge in [-0.05, 0) is 42.0 Å². The van der Waals surface area contributed by atoms with E-state index in [0.29, 0.717) is 18.8 Å². The summed E-state index contributed by atoms with van der Waals surface area (Å²) in [5.41, 5.74) is 2.29. The maximum Gasteiger partial charge on any atom is 0.274 e. The minimum absolute atomic E-state index is 0.0220. The van der Waals surface area contributed by atoms with Crippen molar-refractivity contribution in [2.24, 2.45) is 0 Å². The van der Waals surface area contributed by atoms with Gasteiger partial charge >= 0.3 is 0 Å². The van der Waals surface area contributed by atoms with Crippen molar-refractivity contribution in [1.29, 1.82) is 0 Å². The van der Waals surface area contributed by atoms with Gasteiger partial charge in [0.05, 0.1) is 12.6 Å². The molecule has 0 unspecified atom stereocenters. The fourth-order valence-corrected chi connectivity index (χ4v) is 4.33. The van der Waals surface area contributed by atoms with E-state index >= 15 is 0 Å². The van der Waals surface area contributed by atoms with E-state index < -0.39 is 0 Å².